The molecule has 2 aromatic rings. The van der Waals surface area contributed by atoms with Crippen molar-refractivity contribution in [3.63, 3.8) is 0 Å². The highest BCUT2D eigenvalue weighted by molar-refractivity contribution is 5.31. The van der Waals surface area contributed by atoms with Gasteiger partial charge in [-0.3, -0.25) is 0 Å². The van der Waals surface area contributed by atoms with E-state index in [-0.39, 0.29) is 6.04 Å². The first-order valence-corrected chi connectivity index (χ1v) is 7.17. The number of hydrogen-bond acceptors (Lipinski definition) is 3. The smallest absolute Gasteiger partial charge is 0.219 e. The maximum atomic E-state index is 5.79. The predicted molar refractivity (Wildman–Crippen MR) is 82.0 cm³/mol. The zero-order valence-corrected chi connectivity index (χ0v) is 12.2. The monoisotopic (exact) mass is 270 g/mol. The summed E-state index contributed by atoms with van der Waals surface area (Å²) < 4.78 is 5.72. The number of nitrogens with two attached hydrogens (primary N) is 1. The lowest BCUT2D eigenvalue weighted by Crippen LogP contribution is -2.05. The number of pyridine rings is 1. The highest BCUT2D eigenvalue weighted by Gasteiger charge is 2.02. The van der Waals surface area contributed by atoms with Crippen LogP contribution in [0, 0.1) is 0 Å². The number of benzene rings is 1. The molecule has 2 N–H and O–H groups in total. The highest BCUT2D eigenvalue weighted by atomic mass is 16.5. The van der Waals surface area contributed by atoms with Crippen LogP contribution in [0.25, 0.3) is 0 Å². The fraction of sp³-hybridized carbons (Fsp3) is 0.353. The molecular weight excluding hydrogens is 248 g/mol. The van der Waals surface area contributed by atoms with Crippen molar-refractivity contribution in [1.82, 2.24) is 4.98 Å². The Labute approximate surface area is 120 Å². The van der Waals surface area contributed by atoms with Gasteiger partial charge in [-0.2, -0.15) is 0 Å². The minimum atomic E-state index is -0.00519. The van der Waals surface area contributed by atoms with E-state index < -0.39 is 0 Å². The van der Waals surface area contributed by atoms with Crippen molar-refractivity contribution in [2.75, 3.05) is 0 Å². The van der Waals surface area contributed by atoms with E-state index in [4.69, 9.17) is 10.5 Å². The number of aromatic nitrogens is 1. The Morgan fingerprint density at radius 3 is 2.45 bits per heavy atom. The van der Waals surface area contributed by atoms with Crippen molar-refractivity contribution in [2.45, 2.75) is 39.2 Å². The van der Waals surface area contributed by atoms with Gasteiger partial charge < -0.3 is 10.5 Å². The third kappa shape index (κ3) is 4.07. The molecule has 0 saturated heterocycles. The standard InChI is InChI=1S/C17H22N2O/c1-3-4-5-14-6-9-16(10-7-14)20-17-11-8-15(12-19-17)13(2)18/h6-13H,3-5,18H2,1-2H3/t13-/m0/s1. The molecule has 0 aliphatic rings. The van der Waals surface area contributed by atoms with E-state index >= 15 is 0 Å². The van der Waals surface area contributed by atoms with E-state index in [9.17, 15) is 0 Å². The van der Waals surface area contributed by atoms with Crippen LogP contribution in [0.2, 0.25) is 0 Å². The molecule has 2 rings (SSSR count). The van der Waals surface area contributed by atoms with E-state index in [0.717, 1.165) is 17.7 Å². The van der Waals surface area contributed by atoms with Gasteiger partial charge in [-0.1, -0.05) is 31.5 Å². The van der Waals surface area contributed by atoms with Crippen molar-refractivity contribution in [2.24, 2.45) is 5.73 Å². The minimum Gasteiger partial charge on any atom is -0.439 e. The van der Waals surface area contributed by atoms with Crippen molar-refractivity contribution < 1.29 is 4.74 Å². The largest absolute Gasteiger partial charge is 0.439 e. The molecule has 0 bridgehead atoms. The lowest BCUT2D eigenvalue weighted by Gasteiger charge is -2.08. The molecule has 0 unspecified atom stereocenters. The molecule has 0 spiro atoms. The highest BCUT2D eigenvalue weighted by Crippen LogP contribution is 2.21. The molecule has 0 amide bonds. The van der Waals surface area contributed by atoms with Crippen molar-refractivity contribution in [1.29, 1.82) is 0 Å². The van der Waals surface area contributed by atoms with Gasteiger partial charge in [0.05, 0.1) is 0 Å². The van der Waals surface area contributed by atoms with Gasteiger partial charge in [0.25, 0.3) is 0 Å². The third-order valence-corrected chi connectivity index (χ3v) is 3.25. The van der Waals surface area contributed by atoms with Gasteiger partial charge in [0.1, 0.15) is 5.75 Å². The molecule has 1 atom stereocenters. The number of hydrogen-bond donors (Lipinski definition) is 1. The Kier molecular flexibility index (Phi) is 5.13. The lowest BCUT2D eigenvalue weighted by molar-refractivity contribution is 0.462. The van der Waals surface area contributed by atoms with Gasteiger partial charge in [-0.25, -0.2) is 4.98 Å². The summed E-state index contributed by atoms with van der Waals surface area (Å²) in [5.41, 5.74) is 8.15. The first-order valence-electron chi connectivity index (χ1n) is 7.17. The van der Waals surface area contributed by atoms with Crippen LogP contribution in [0.4, 0.5) is 0 Å². The Morgan fingerprint density at radius 1 is 1.15 bits per heavy atom. The van der Waals surface area contributed by atoms with E-state index in [1.54, 1.807) is 6.20 Å². The Bertz CT molecular complexity index is 518. The Balaban J connectivity index is 1.98. The second kappa shape index (κ2) is 7.06. The molecule has 106 valence electrons. The zero-order valence-electron chi connectivity index (χ0n) is 12.2. The first kappa shape index (κ1) is 14.5. The van der Waals surface area contributed by atoms with E-state index in [0.29, 0.717) is 5.88 Å². The average molecular weight is 270 g/mol. The first-order chi connectivity index (χ1) is 9.69. The summed E-state index contributed by atoms with van der Waals surface area (Å²) in [4.78, 5) is 4.27. The SMILES string of the molecule is CCCCc1ccc(Oc2ccc([C@H](C)N)cn2)cc1. The average Bonchev–Trinajstić information content (AvgIpc) is 2.47. The second-order valence-electron chi connectivity index (χ2n) is 5.07. The van der Waals surface area contributed by atoms with Crippen molar-refractivity contribution in [3.05, 3.63) is 53.7 Å². The zero-order chi connectivity index (χ0) is 14.4. The molecule has 0 aliphatic carbocycles. The number of aryl methyl sites for hydroxylation is 1. The maximum Gasteiger partial charge on any atom is 0.219 e. The molecule has 1 aromatic heterocycles. The second-order valence-corrected chi connectivity index (χ2v) is 5.07. The van der Waals surface area contributed by atoms with Crippen LogP contribution in [-0.4, -0.2) is 4.98 Å². The maximum absolute atomic E-state index is 5.79. The quantitative estimate of drug-likeness (QED) is 0.854. The van der Waals surface area contributed by atoms with Gasteiger partial charge in [0.15, 0.2) is 0 Å². The number of unbranched alkanes of at least 4 members (excludes halogenated alkanes) is 1. The molecule has 1 heterocycles. The Morgan fingerprint density at radius 2 is 1.90 bits per heavy atom. The fourth-order valence-electron chi connectivity index (χ4n) is 1.95. The molecule has 1 aromatic carbocycles. The molecular formula is C17H22N2O. The fourth-order valence-corrected chi connectivity index (χ4v) is 1.95. The molecule has 20 heavy (non-hydrogen) atoms. The van der Waals surface area contributed by atoms with Crippen molar-refractivity contribution in [3.8, 4) is 11.6 Å². The Hall–Kier alpha value is -1.87. The third-order valence-electron chi connectivity index (χ3n) is 3.25. The number of rotatable bonds is 6. The number of ether oxygens (including phenoxy) is 1. The molecule has 0 aliphatic heterocycles. The van der Waals surface area contributed by atoms with Crippen LogP contribution < -0.4 is 10.5 Å². The van der Waals surface area contributed by atoms with Gasteiger partial charge >= 0.3 is 0 Å². The van der Waals surface area contributed by atoms with Gasteiger partial charge in [-0.05, 0) is 43.0 Å². The molecule has 3 heteroatoms. The van der Waals surface area contributed by atoms with Crippen molar-refractivity contribution >= 4 is 0 Å². The number of nitrogens with zero attached hydrogens (tertiary/aromatic N) is 1. The summed E-state index contributed by atoms with van der Waals surface area (Å²) in [7, 11) is 0. The van der Waals surface area contributed by atoms with Crippen LogP contribution in [0.1, 0.15) is 43.9 Å². The summed E-state index contributed by atoms with van der Waals surface area (Å²) in [5, 5.41) is 0. The van der Waals surface area contributed by atoms with E-state index in [1.807, 2.05) is 31.2 Å². The van der Waals surface area contributed by atoms with Crippen LogP contribution in [-0.2, 0) is 6.42 Å². The topological polar surface area (TPSA) is 48.1 Å². The van der Waals surface area contributed by atoms with Crippen LogP contribution in [0.3, 0.4) is 0 Å². The van der Waals surface area contributed by atoms with Crippen LogP contribution in [0.5, 0.6) is 11.6 Å². The molecule has 3 nitrogen and oxygen atoms in total. The summed E-state index contributed by atoms with van der Waals surface area (Å²) in [5.74, 6) is 1.40. The van der Waals surface area contributed by atoms with Gasteiger partial charge in [0, 0.05) is 18.3 Å². The molecule has 0 saturated carbocycles. The van der Waals surface area contributed by atoms with Gasteiger partial charge in [0.2, 0.25) is 5.88 Å². The summed E-state index contributed by atoms with van der Waals surface area (Å²) >= 11 is 0. The summed E-state index contributed by atoms with van der Waals surface area (Å²) in [6, 6.07) is 12.0. The minimum absolute atomic E-state index is 0.00519. The lowest BCUT2D eigenvalue weighted by atomic mass is 10.1. The van der Waals surface area contributed by atoms with Crippen LogP contribution in [0.15, 0.2) is 42.6 Å². The molecule has 0 radical (unpaired) electrons. The van der Waals surface area contributed by atoms with Gasteiger partial charge in [-0.15, -0.1) is 0 Å². The summed E-state index contributed by atoms with van der Waals surface area (Å²) in [6.07, 6.45) is 5.32. The normalized spacial score (nSPS) is 12.2. The van der Waals surface area contributed by atoms with Crippen LogP contribution >= 0.6 is 0 Å². The predicted octanol–water partition coefficient (Wildman–Crippen LogP) is 4.24. The summed E-state index contributed by atoms with van der Waals surface area (Å²) in [6.45, 7) is 4.14. The van der Waals surface area contributed by atoms with E-state index in [1.165, 1.54) is 18.4 Å². The van der Waals surface area contributed by atoms with E-state index in [2.05, 4.69) is 24.0 Å². The molecule has 0 fully saturated rings.